The van der Waals surface area contributed by atoms with Crippen molar-refractivity contribution in [3.8, 4) is 11.5 Å². The zero-order valence-electron chi connectivity index (χ0n) is 18.2. The van der Waals surface area contributed by atoms with Gasteiger partial charge in [-0.3, -0.25) is 0 Å². The summed E-state index contributed by atoms with van der Waals surface area (Å²) in [6.07, 6.45) is 2.10. The van der Waals surface area contributed by atoms with Crippen LogP contribution < -0.4 is 9.47 Å². The first kappa shape index (κ1) is 20.3. The smallest absolute Gasteiger partial charge is 0.338 e. The third kappa shape index (κ3) is 3.19. The predicted molar refractivity (Wildman–Crippen MR) is 114 cm³/mol. The highest BCUT2D eigenvalue weighted by molar-refractivity contribution is 5.89. The zero-order chi connectivity index (χ0) is 21.8. The molecule has 2 aliphatic heterocycles. The Kier molecular flexibility index (Phi) is 4.93. The van der Waals surface area contributed by atoms with E-state index in [1.54, 1.807) is 7.11 Å². The largest absolute Gasteiger partial charge is 0.493 e. The molecule has 164 valence electrons. The van der Waals surface area contributed by atoms with Crippen LogP contribution in [0.25, 0.3) is 0 Å². The summed E-state index contributed by atoms with van der Waals surface area (Å²) in [5.41, 5.74) is 2.84. The molecule has 2 aromatic carbocycles. The molecule has 5 nitrogen and oxygen atoms in total. The van der Waals surface area contributed by atoms with Crippen LogP contribution in [0, 0.1) is 11.7 Å². The topological polar surface area (TPSA) is 48.0 Å². The molecule has 0 aromatic heterocycles. The first-order chi connectivity index (χ1) is 14.9. The van der Waals surface area contributed by atoms with Crippen LogP contribution >= 0.6 is 0 Å². The minimum absolute atomic E-state index is 0.0705. The number of nitrogens with zero attached hydrogens (tertiary/aromatic N) is 1. The van der Waals surface area contributed by atoms with Crippen molar-refractivity contribution in [2.75, 3.05) is 20.7 Å². The molecule has 4 atom stereocenters. The number of carbonyl (C=O) groups excluding carboxylic acids is 1. The van der Waals surface area contributed by atoms with Crippen LogP contribution in [0.1, 0.15) is 47.7 Å². The van der Waals surface area contributed by atoms with Crippen molar-refractivity contribution in [3.63, 3.8) is 0 Å². The van der Waals surface area contributed by atoms with Crippen molar-refractivity contribution >= 4 is 5.97 Å². The van der Waals surface area contributed by atoms with Gasteiger partial charge in [-0.25, -0.2) is 9.18 Å². The lowest BCUT2D eigenvalue weighted by Gasteiger charge is -2.46. The molecule has 2 heterocycles. The van der Waals surface area contributed by atoms with E-state index in [0.717, 1.165) is 37.4 Å². The van der Waals surface area contributed by atoms with E-state index in [-0.39, 0.29) is 29.4 Å². The highest BCUT2D eigenvalue weighted by atomic mass is 19.1. The minimum atomic E-state index is -0.414. The Morgan fingerprint density at radius 3 is 2.71 bits per heavy atom. The van der Waals surface area contributed by atoms with Gasteiger partial charge in [-0.15, -0.1) is 0 Å². The molecule has 1 spiro atoms. The molecule has 0 radical (unpaired) electrons. The van der Waals surface area contributed by atoms with Crippen LogP contribution in [0.4, 0.5) is 4.39 Å². The summed E-state index contributed by atoms with van der Waals surface area (Å²) < 4.78 is 31.3. The van der Waals surface area contributed by atoms with E-state index in [1.807, 2.05) is 6.07 Å². The van der Waals surface area contributed by atoms with Gasteiger partial charge in [-0.05, 0) is 68.2 Å². The fraction of sp³-hybridized carbons (Fsp3) is 0.480. The summed E-state index contributed by atoms with van der Waals surface area (Å²) in [5.74, 6) is 1.12. The van der Waals surface area contributed by atoms with Gasteiger partial charge < -0.3 is 19.1 Å². The van der Waals surface area contributed by atoms with Gasteiger partial charge >= 0.3 is 5.97 Å². The van der Waals surface area contributed by atoms with E-state index >= 15 is 0 Å². The number of carbonyl (C=O) groups is 1. The van der Waals surface area contributed by atoms with E-state index in [1.165, 1.54) is 35.4 Å². The van der Waals surface area contributed by atoms with Crippen LogP contribution in [-0.4, -0.2) is 43.8 Å². The third-order valence-electron chi connectivity index (χ3n) is 7.40. The van der Waals surface area contributed by atoms with Crippen molar-refractivity contribution < 1.29 is 23.4 Å². The van der Waals surface area contributed by atoms with Gasteiger partial charge in [0.1, 0.15) is 18.0 Å². The molecule has 2 unspecified atom stereocenters. The van der Waals surface area contributed by atoms with Crippen LogP contribution in [0.2, 0.25) is 0 Å². The van der Waals surface area contributed by atoms with Crippen molar-refractivity contribution in [3.05, 3.63) is 58.9 Å². The van der Waals surface area contributed by atoms with Gasteiger partial charge in [0.15, 0.2) is 11.5 Å². The van der Waals surface area contributed by atoms with Gasteiger partial charge in [0, 0.05) is 23.9 Å². The normalized spacial score (nSPS) is 29.4. The van der Waals surface area contributed by atoms with Crippen molar-refractivity contribution in [1.29, 1.82) is 0 Å². The van der Waals surface area contributed by atoms with Crippen LogP contribution in [0.5, 0.6) is 11.5 Å². The highest BCUT2D eigenvalue weighted by Crippen LogP contribution is 2.59. The molecule has 1 fully saturated rings. The van der Waals surface area contributed by atoms with Gasteiger partial charge in [0.2, 0.25) is 0 Å². The summed E-state index contributed by atoms with van der Waals surface area (Å²) in [6, 6.07) is 9.65. The van der Waals surface area contributed by atoms with Gasteiger partial charge in [0.25, 0.3) is 0 Å². The summed E-state index contributed by atoms with van der Waals surface area (Å²) in [6.45, 7) is 4.12. The molecular weight excluding hydrogens is 397 g/mol. The summed E-state index contributed by atoms with van der Waals surface area (Å²) in [5, 5.41) is 0. The Labute approximate surface area is 182 Å². The first-order valence-electron chi connectivity index (χ1n) is 10.9. The predicted octanol–water partition coefficient (Wildman–Crippen LogP) is 4.32. The molecule has 0 N–H and O–H groups in total. The molecule has 0 saturated heterocycles. The molecule has 0 bridgehead atoms. The number of ether oxygens (including phenoxy) is 3. The molecule has 3 aliphatic rings. The average Bonchev–Trinajstić information content (AvgIpc) is 3.00. The number of hydrogen-bond acceptors (Lipinski definition) is 5. The fourth-order valence-corrected chi connectivity index (χ4v) is 5.87. The van der Waals surface area contributed by atoms with E-state index in [9.17, 15) is 9.18 Å². The Morgan fingerprint density at radius 2 is 1.97 bits per heavy atom. The average molecular weight is 426 g/mol. The van der Waals surface area contributed by atoms with E-state index in [2.05, 4.69) is 24.9 Å². The quantitative estimate of drug-likeness (QED) is 0.686. The lowest BCUT2D eigenvalue weighted by molar-refractivity contribution is -0.0378. The number of halogens is 1. The monoisotopic (exact) mass is 425 g/mol. The standard InChI is InChI=1S/C25H28FNO4/c1-15-12-19(30-24(28)16-4-7-18(26)8-5-16)13-21-25(15)10-11-27(2)14-17-6-9-20(29-3)23(31-21)22(17)25/h4-9,15,19,21H,10-14H2,1-3H3/t15?,19-,21?,25+/m0/s1. The van der Waals surface area contributed by atoms with E-state index < -0.39 is 5.97 Å². The lowest BCUT2D eigenvalue weighted by atomic mass is 9.59. The van der Waals surface area contributed by atoms with E-state index in [0.29, 0.717) is 12.0 Å². The summed E-state index contributed by atoms with van der Waals surface area (Å²) in [7, 11) is 3.83. The number of methoxy groups -OCH3 is 1. The van der Waals surface area contributed by atoms with Crippen molar-refractivity contribution in [2.24, 2.45) is 5.92 Å². The number of hydrogen-bond donors (Lipinski definition) is 0. The SMILES string of the molecule is COc1ccc2c3c1OC1C[C@@H](OC(=O)c4ccc(F)cc4)CC(C)[C@@]31CCN(C)C2. The first-order valence-corrected chi connectivity index (χ1v) is 10.9. The van der Waals surface area contributed by atoms with E-state index in [4.69, 9.17) is 14.2 Å². The maximum absolute atomic E-state index is 13.2. The van der Waals surface area contributed by atoms with Crippen LogP contribution in [-0.2, 0) is 16.7 Å². The molecule has 0 amide bonds. The van der Waals surface area contributed by atoms with Crippen molar-refractivity contribution in [1.82, 2.24) is 4.90 Å². The molecule has 1 aliphatic carbocycles. The fourth-order valence-electron chi connectivity index (χ4n) is 5.87. The van der Waals surface area contributed by atoms with Crippen LogP contribution in [0.3, 0.4) is 0 Å². The van der Waals surface area contributed by atoms with Crippen molar-refractivity contribution in [2.45, 2.75) is 50.4 Å². The second-order valence-corrected chi connectivity index (χ2v) is 9.17. The lowest BCUT2D eigenvalue weighted by Crippen LogP contribution is -2.52. The Balaban J connectivity index is 1.45. The Bertz CT molecular complexity index is 1010. The Morgan fingerprint density at radius 1 is 1.19 bits per heavy atom. The highest BCUT2D eigenvalue weighted by Gasteiger charge is 2.58. The Hall–Kier alpha value is -2.60. The maximum Gasteiger partial charge on any atom is 0.338 e. The zero-order valence-corrected chi connectivity index (χ0v) is 18.2. The second kappa shape index (κ2) is 7.52. The molecule has 2 aromatic rings. The van der Waals surface area contributed by atoms with Gasteiger partial charge in [0.05, 0.1) is 12.7 Å². The number of rotatable bonds is 3. The summed E-state index contributed by atoms with van der Waals surface area (Å²) >= 11 is 0. The molecule has 6 heteroatoms. The molecule has 1 saturated carbocycles. The summed E-state index contributed by atoms with van der Waals surface area (Å²) in [4.78, 5) is 15.0. The second-order valence-electron chi connectivity index (χ2n) is 9.17. The molecule has 5 rings (SSSR count). The molecular formula is C25H28FNO4. The number of esters is 1. The molecule has 31 heavy (non-hydrogen) atoms. The minimum Gasteiger partial charge on any atom is -0.493 e. The van der Waals surface area contributed by atoms with Gasteiger partial charge in [-0.2, -0.15) is 0 Å². The maximum atomic E-state index is 13.2. The number of benzene rings is 2. The van der Waals surface area contributed by atoms with Gasteiger partial charge in [-0.1, -0.05) is 13.0 Å². The third-order valence-corrected chi connectivity index (χ3v) is 7.40. The van der Waals surface area contributed by atoms with Crippen LogP contribution in [0.15, 0.2) is 36.4 Å².